The maximum atomic E-state index is 3.42. The molecule has 0 saturated carbocycles. The Kier molecular flexibility index (Phi) is 1.99. The molecule has 0 atom stereocenters. The predicted molar refractivity (Wildman–Crippen MR) is 20.0 cm³/mol. The van der Waals surface area contributed by atoms with Gasteiger partial charge in [0.2, 0.25) is 0 Å². The molecule has 4 nitrogen and oxygen atoms in total. The van der Waals surface area contributed by atoms with Crippen molar-refractivity contribution < 1.29 is 5.48 Å². The Bertz CT molecular complexity index is 65.3. The van der Waals surface area contributed by atoms with Gasteiger partial charge in [-0.15, -0.1) is 5.10 Å². The molecule has 0 radical (unpaired) electrons. The van der Waals surface area contributed by atoms with Gasteiger partial charge in [0.15, 0.2) is 0 Å². The first-order valence-electron chi connectivity index (χ1n) is 1.30. The van der Waals surface area contributed by atoms with Gasteiger partial charge in [-0.2, -0.15) is 0 Å². The van der Waals surface area contributed by atoms with E-state index in [1.807, 2.05) is 0 Å². The molecule has 34 valence electrons. The number of nitrogens with zero attached hydrogens (tertiary/aromatic N) is 2. The summed E-state index contributed by atoms with van der Waals surface area (Å²) in [5.41, 5.74) is 0. The zero-order valence-corrected chi connectivity index (χ0v) is 3.05. The van der Waals surface area contributed by atoms with Crippen LogP contribution in [0.5, 0.6) is 0 Å². The highest BCUT2D eigenvalue weighted by Crippen LogP contribution is 1.55. The highest BCUT2D eigenvalue weighted by atomic mass is 16.0. The van der Waals surface area contributed by atoms with E-state index in [1.54, 1.807) is 12.4 Å². The van der Waals surface area contributed by atoms with Crippen LogP contribution >= 0.6 is 0 Å². The van der Waals surface area contributed by atoms with Gasteiger partial charge in [-0.3, -0.25) is 5.10 Å². The normalized spacial score (nSPS) is 6.67. The summed E-state index contributed by atoms with van der Waals surface area (Å²) < 4.78 is 0. The van der Waals surface area contributed by atoms with Crippen LogP contribution < -0.4 is 0 Å². The number of rotatable bonds is 0. The molecule has 0 aliphatic rings. The van der Waals surface area contributed by atoms with Crippen molar-refractivity contribution in [1.82, 2.24) is 15.4 Å². The van der Waals surface area contributed by atoms with Crippen molar-refractivity contribution in [2.24, 2.45) is 0 Å². The fourth-order valence-corrected chi connectivity index (χ4v) is 0.167. The first-order chi connectivity index (χ1) is 2.50. The Morgan fingerprint density at radius 2 is 2.33 bits per heavy atom. The third-order valence-corrected chi connectivity index (χ3v) is 0.331. The molecule has 0 aliphatic heterocycles. The lowest BCUT2D eigenvalue weighted by Crippen LogP contribution is -1.61. The van der Waals surface area contributed by atoms with Crippen molar-refractivity contribution in [2.75, 3.05) is 0 Å². The van der Waals surface area contributed by atoms with Gasteiger partial charge in [0.1, 0.15) is 0 Å². The molecule has 1 aromatic rings. The van der Waals surface area contributed by atoms with Crippen molar-refractivity contribution in [3.63, 3.8) is 0 Å². The number of hydrogen-bond donors (Lipinski definition) is 1. The molecule has 0 unspecified atom stereocenters. The number of H-pyrrole nitrogens is 1. The number of aromatic amines is 1. The van der Waals surface area contributed by atoms with Crippen molar-refractivity contribution >= 4 is 0 Å². The fraction of sp³-hybridized carbons (Fsp3) is 0. The van der Waals surface area contributed by atoms with Crippen LogP contribution in [-0.2, 0) is 0 Å². The minimum absolute atomic E-state index is 0. The Hall–Kier alpha value is -0.900. The number of aromatic nitrogens is 3. The van der Waals surface area contributed by atoms with E-state index in [0.29, 0.717) is 0 Å². The molecule has 0 bridgehead atoms. The molecule has 6 heavy (non-hydrogen) atoms. The lowest BCUT2D eigenvalue weighted by molar-refractivity contribution is 0.824. The third-order valence-electron chi connectivity index (χ3n) is 0.331. The van der Waals surface area contributed by atoms with E-state index in [9.17, 15) is 0 Å². The number of hydrogen-bond acceptors (Lipinski definition) is 2. The van der Waals surface area contributed by atoms with Crippen LogP contribution in [0.3, 0.4) is 0 Å². The van der Waals surface area contributed by atoms with Crippen LogP contribution in [0.4, 0.5) is 0 Å². The predicted octanol–water partition coefficient (Wildman–Crippen LogP) is -1.02. The highest BCUT2D eigenvalue weighted by Gasteiger charge is 1.57. The van der Waals surface area contributed by atoms with Gasteiger partial charge in [0, 0.05) is 6.20 Å². The molecule has 0 saturated heterocycles. The summed E-state index contributed by atoms with van der Waals surface area (Å²) >= 11 is 0. The Morgan fingerprint density at radius 1 is 1.50 bits per heavy atom. The van der Waals surface area contributed by atoms with Crippen LogP contribution in [0.25, 0.3) is 0 Å². The van der Waals surface area contributed by atoms with Crippen LogP contribution in [0.15, 0.2) is 12.4 Å². The summed E-state index contributed by atoms with van der Waals surface area (Å²) in [4.78, 5) is 0. The topological polar surface area (TPSA) is 73.1 Å². The second kappa shape index (κ2) is 2.34. The van der Waals surface area contributed by atoms with E-state index < -0.39 is 0 Å². The molecule has 0 fully saturated rings. The Balaban J connectivity index is 0.000000250. The van der Waals surface area contributed by atoms with Gasteiger partial charge in [0.25, 0.3) is 0 Å². The van der Waals surface area contributed by atoms with Crippen LogP contribution in [-0.4, -0.2) is 20.9 Å². The average Bonchev–Trinajstić information content (AvgIpc) is 1.76. The summed E-state index contributed by atoms with van der Waals surface area (Å²) in [7, 11) is 0. The maximum absolute atomic E-state index is 3.42. The lowest BCUT2D eigenvalue weighted by atomic mass is 11.0. The SMILES string of the molecule is O.c1c[nH]nn1. The standard InChI is InChI=1S/C2H3N3.H2O/c1-2-4-5-3-1;/h1-2H,(H,3,4,5);1H2. The fourth-order valence-electron chi connectivity index (χ4n) is 0.167. The van der Waals surface area contributed by atoms with E-state index in [1.165, 1.54) is 0 Å². The van der Waals surface area contributed by atoms with Crippen LogP contribution in [0, 0.1) is 0 Å². The first kappa shape index (κ1) is 5.10. The molecule has 1 heterocycles. The highest BCUT2D eigenvalue weighted by molar-refractivity contribution is 4.54. The average molecular weight is 87.1 g/mol. The van der Waals surface area contributed by atoms with Gasteiger partial charge >= 0.3 is 0 Å². The molecule has 0 amide bonds. The Labute approximate surface area is 34.5 Å². The summed E-state index contributed by atoms with van der Waals surface area (Å²) in [5, 5.41) is 9.26. The Morgan fingerprint density at radius 3 is 2.50 bits per heavy atom. The van der Waals surface area contributed by atoms with Gasteiger partial charge in [-0.05, 0) is 0 Å². The second-order valence-corrected chi connectivity index (χ2v) is 0.660. The minimum atomic E-state index is 0. The van der Waals surface area contributed by atoms with Crippen molar-refractivity contribution in [3.05, 3.63) is 12.4 Å². The lowest BCUT2D eigenvalue weighted by Gasteiger charge is -1.46. The summed E-state index contributed by atoms with van der Waals surface area (Å²) in [5.74, 6) is 0. The minimum Gasteiger partial charge on any atom is -0.412 e. The van der Waals surface area contributed by atoms with E-state index >= 15 is 0 Å². The molecule has 0 spiro atoms. The van der Waals surface area contributed by atoms with Gasteiger partial charge < -0.3 is 5.48 Å². The third kappa shape index (κ3) is 0.813. The van der Waals surface area contributed by atoms with Crippen LogP contribution in [0.1, 0.15) is 0 Å². The maximum Gasteiger partial charge on any atom is 0.0690 e. The molecule has 3 N–H and O–H groups in total. The van der Waals surface area contributed by atoms with Crippen molar-refractivity contribution in [3.8, 4) is 0 Å². The number of nitrogens with one attached hydrogen (secondary N) is 1. The summed E-state index contributed by atoms with van der Waals surface area (Å²) in [6, 6.07) is 0. The molecule has 1 rings (SSSR count). The largest absolute Gasteiger partial charge is 0.412 e. The summed E-state index contributed by atoms with van der Waals surface area (Å²) in [6.45, 7) is 0. The zero-order chi connectivity index (χ0) is 3.54. The van der Waals surface area contributed by atoms with Gasteiger partial charge in [-0.25, -0.2) is 0 Å². The van der Waals surface area contributed by atoms with E-state index in [0.717, 1.165) is 0 Å². The summed E-state index contributed by atoms with van der Waals surface area (Å²) in [6.07, 6.45) is 3.24. The quantitative estimate of drug-likeness (QED) is 0.439. The van der Waals surface area contributed by atoms with Gasteiger partial charge in [-0.1, -0.05) is 5.21 Å². The monoisotopic (exact) mass is 87.0 g/mol. The van der Waals surface area contributed by atoms with Crippen molar-refractivity contribution in [1.29, 1.82) is 0 Å². The van der Waals surface area contributed by atoms with E-state index in [-0.39, 0.29) is 5.48 Å². The molecular formula is C2H5N3O. The second-order valence-electron chi connectivity index (χ2n) is 0.660. The zero-order valence-electron chi connectivity index (χ0n) is 3.05. The van der Waals surface area contributed by atoms with Crippen LogP contribution in [0.2, 0.25) is 0 Å². The molecule has 0 aliphatic carbocycles. The van der Waals surface area contributed by atoms with Gasteiger partial charge in [0.05, 0.1) is 6.20 Å². The van der Waals surface area contributed by atoms with Crippen molar-refractivity contribution in [2.45, 2.75) is 0 Å². The molecule has 0 aromatic carbocycles. The molecule has 4 heteroatoms. The molecule has 1 aromatic heterocycles. The van der Waals surface area contributed by atoms with E-state index in [4.69, 9.17) is 0 Å². The first-order valence-corrected chi connectivity index (χ1v) is 1.30. The smallest absolute Gasteiger partial charge is 0.0690 e. The van der Waals surface area contributed by atoms with E-state index in [2.05, 4.69) is 15.4 Å². The molecular weight excluding hydrogens is 82.0 g/mol.